The monoisotopic (exact) mass is 222 g/mol. The Bertz CT molecular complexity index is 244. The minimum absolute atomic E-state index is 0.975. The van der Waals surface area contributed by atoms with E-state index in [1.165, 1.54) is 51.4 Å². The highest BCUT2D eigenvalue weighted by Gasteiger charge is 2.33. The number of hydrogen-bond acceptors (Lipinski definition) is 1. The first-order valence-electron chi connectivity index (χ1n) is 7.04. The number of methoxy groups -OCH3 is 1. The van der Waals surface area contributed by atoms with E-state index in [-0.39, 0.29) is 0 Å². The summed E-state index contributed by atoms with van der Waals surface area (Å²) in [5.74, 6) is 3.04. The van der Waals surface area contributed by atoms with Crippen molar-refractivity contribution in [1.82, 2.24) is 0 Å². The molecule has 2 saturated carbocycles. The highest BCUT2D eigenvalue weighted by Crippen LogP contribution is 2.45. The van der Waals surface area contributed by atoms with Gasteiger partial charge in [-0.1, -0.05) is 26.2 Å². The Morgan fingerprint density at radius 3 is 2.88 bits per heavy atom. The average molecular weight is 222 g/mol. The summed E-state index contributed by atoms with van der Waals surface area (Å²) in [5.41, 5.74) is 1.55. The molecule has 2 aliphatic rings. The summed E-state index contributed by atoms with van der Waals surface area (Å²) in [7, 11) is 1.78. The van der Waals surface area contributed by atoms with Gasteiger partial charge in [-0.2, -0.15) is 0 Å². The first kappa shape index (κ1) is 12.0. The molecule has 0 aromatic heterocycles. The van der Waals surface area contributed by atoms with Crippen LogP contribution in [0.5, 0.6) is 0 Å². The summed E-state index contributed by atoms with van der Waals surface area (Å²) < 4.78 is 5.16. The zero-order valence-electron chi connectivity index (χ0n) is 10.9. The lowest BCUT2D eigenvalue weighted by Gasteiger charge is -2.40. The van der Waals surface area contributed by atoms with Crippen molar-refractivity contribution in [2.24, 2.45) is 17.8 Å². The van der Waals surface area contributed by atoms with Crippen LogP contribution in [-0.4, -0.2) is 7.11 Å². The normalized spacial score (nSPS) is 37.1. The Morgan fingerprint density at radius 1 is 1.25 bits per heavy atom. The van der Waals surface area contributed by atoms with E-state index >= 15 is 0 Å². The van der Waals surface area contributed by atoms with E-state index in [0.29, 0.717) is 0 Å². The molecule has 2 aliphatic carbocycles. The van der Waals surface area contributed by atoms with E-state index < -0.39 is 0 Å². The lowest BCUT2D eigenvalue weighted by molar-refractivity contribution is 0.143. The van der Waals surface area contributed by atoms with Crippen molar-refractivity contribution in [3.63, 3.8) is 0 Å². The molecule has 3 atom stereocenters. The van der Waals surface area contributed by atoms with Gasteiger partial charge in [-0.05, 0) is 55.4 Å². The molecule has 0 radical (unpaired) electrons. The molecule has 3 unspecified atom stereocenters. The second kappa shape index (κ2) is 5.75. The molecule has 0 N–H and O–H groups in total. The van der Waals surface area contributed by atoms with Crippen molar-refractivity contribution < 1.29 is 4.74 Å². The molecule has 2 fully saturated rings. The number of hydrogen-bond donors (Lipinski definition) is 0. The molecular formula is C15H26O. The SMILES string of the molecule is CCCC1CCC2C/C(=C\OC)CCC2C1. The lowest BCUT2D eigenvalue weighted by Crippen LogP contribution is -2.28. The fraction of sp³-hybridized carbons (Fsp3) is 0.867. The van der Waals surface area contributed by atoms with Crippen LogP contribution < -0.4 is 0 Å². The molecule has 0 bridgehead atoms. The minimum Gasteiger partial charge on any atom is -0.504 e. The first-order chi connectivity index (χ1) is 7.83. The summed E-state index contributed by atoms with van der Waals surface area (Å²) in [5, 5.41) is 0. The predicted molar refractivity (Wildman–Crippen MR) is 68.2 cm³/mol. The summed E-state index contributed by atoms with van der Waals surface area (Å²) in [6.07, 6.45) is 13.3. The van der Waals surface area contributed by atoms with Crippen molar-refractivity contribution in [2.75, 3.05) is 7.11 Å². The summed E-state index contributed by atoms with van der Waals surface area (Å²) in [4.78, 5) is 0. The summed E-state index contributed by atoms with van der Waals surface area (Å²) in [6.45, 7) is 2.33. The van der Waals surface area contributed by atoms with Gasteiger partial charge in [0.2, 0.25) is 0 Å². The number of fused-ring (bicyclic) bond motifs is 1. The number of ether oxygens (including phenoxy) is 1. The van der Waals surface area contributed by atoms with Gasteiger partial charge in [-0.3, -0.25) is 0 Å². The standard InChI is InChI=1S/C15H26O/c1-3-4-12-5-7-15-10-13(11-16-2)6-8-14(15)9-12/h11-12,14-15H,3-10H2,1-2H3/b13-11-. The Labute approximate surface area is 100 Å². The maximum atomic E-state index is 5.16. The van der Waals surface area contributed by atoms with Crippen LogP contribution in [0.15, 0.2) is 11.8 Å². The zero-order chi connectivity index (χ0) is 11.4. The molecule has 92 valence electrons. The molecule has 0 heterocycles. The molecule has 0 aliphatic heterocycles. The van der Waals surface area contributed by atoms with Crippen LogP contribution in [-0.2, 0) is 4.74 Å². The van der Waals surface area contributed by atoms with Crippen molar-refractivity contribution in [2.45, 2.75) is 58.3 Å². The predicted octanol–water partition coefficient (Wildman–Crippen LogP) is 4.53. The summed E-state index contributed by atoms with van der Waals surface area (Å²) >= 11 is 0. The van der Waals surface area contributed by atoms with Gasteiger partial charge in [0.1, 0.15) is 0 Å². The van der Waals surface area contributed by atoms with Gasteiger partial charge in [-0.25, -0.2) is 0 Å². The molecule has 1 nitrogen and oxygen atoms in total. The molecule has 1 heteroatoms. The third-order valence-electron chi connectivity index (χ3n) is 4.59. The minimum atomic E-state index is 0.975. The van der Waals surface area contributed by atoms with Crippen LogP contribution in [0.4, 0.5) is 0 Å². The van der Waals surface area contributed by atoms with E-state index in [0.717, 1.165) is 17.8 Å². The second-order valence-electron chi connectivity index (χ2n) is 5.74. The van der Waals surface area contributed by atoms with Gasteiger partial charge >= 0.3 is 0 Å². The van der Waals surface area contributed by atoms with Gasteiger partial charge < -0.3 is 4.74 Å². The summed E-state index contributed by atoms with van der Waals surface area (Å²) in [6, 6.07) is 0. The highest BCUT2D eigenvalue weighted by molar-refractivity contribution is 5.05. The van der Waals surface area contributed by atoms with E-state index in [1.807, 2.05) is 6.26 Å². The maximum absolute atomic E-state index is 5.16. The van der Waals surface area contributed by atoms with Gasteiger partial charge in [0.05, 0.1) is 13.4 Å². The van der Waals surface area contributed by atoms with Crippen LogP contribution in [0.3, 0.4) is 0 Å². The van der Waals surface area contributed by atoms with Crippen molar-refractivity contribution in [1.29, 1.82) is 0 Å². The van der Waals surface area contributed by atoms with Gasteiger partial charge in [0.25, 0.3) is 0 Å². The van der Waals surface area contributed by atoms with Crippen molar-refractivity contribution in [3.05, 3.63) is 11.8 Å². The Morgan fingerprint density at radius 2 is 2.12 bits per heavy atom. The van der Waals surface area contributed by atoms with E-state index in [2.05, 4.69) is 6.92 Å². The molecule has 0 saturated heterocycles. The molecule has 0 spiro atoms. The van der Waals surface area contributed by atoms with Gasteiger partial charge in [0.15, 0.2) is 0 Å². The maximum Gasteiger partial charge on any atom is 0.0816 e. The molecule has 16 heavy (non-hydrogen) atoms. The van der Waals surface area contributed by atoms with Crippen LogP contribution in [0.1, 0.15) is 58.3 Å². The van der Waals surface area contributed by atoms with E-state index in [1.54, 1.807) is 12.7 Å². The highest BCUT2D eigenvalue weighted by atomic mass is 16.5. The van der Waals surface area contributed by atoms with Crippen molar-refractivity contribution in [3.8, 4) is 0 Å². The smallest absolute Gasteiger partial charge is 0.0816 e. The van der Waals surface area contributed by atoms with Crippen LogP contribution in [0.25, 0.3) is 0 Å². The Balaban J connectivity index is 1.87. The third-order valence-corrected chi connectivity index (χ3v) is 4.59. The molecule has 0 amide bonds. The van der Waals surface area contributed by atoms with E-state index in [9.17, 15) is 0 Å². The van der Waals surface area contributed by atoms with Gasteiger partial charge in [-0.15, -0.1) is 0 Å². The van der Waals surface area contributed by atoms with Crippen LogP contribution >= 0.6 is 0 Å². The third kappa shape index (κ3) is 2.81. The number of allylic oxidation sites excluding steroid dienone is 1. The largest absolute Gasteiger partial charge is 0.504 e. The first-order valence-corrected chi connectivity index (χ1v) is 7.04. The fourth-order valence-electron chi connectivity index (χ4n) is 3.80. The van der Waals surface area contributed by atoms with E-state index in [4.69, 9.17) is 4.74 Å². The molecular weight excluding hydrogens is 196 g/mol. The van der Waals surface area contributed by atoms with Gasteiger partial charge in [0, 0.05) is 0 Å². The quantitative estimate of drug-likeness (QED) is 0.637. The van der Waals surface area contributed by atoms with Crippen molar-refractivity contribution >= 4 is 0 Å². The zero-order valence-corrected chi connectivity index (χ0v) is 10.9. The molecule has 0 aromatic carbocycles. The average Bonchev–Trinajstić information content (AvgIpc) is 2.30. The lowest BCUT2D eigenvalue weighted by atomic mass is 9.66. The fourth-order valence-corrected chi connectivity index (χ4v) is 3.80. The van der Waals surface area contributed by atoms with Crippen LogP contribution in [0, 0.1) is 17.8 Å². The molecule has 2 rings (SSSR count). The Hall–Kier alpha value is -0.460. The number of rotatable bonds is 3. The Kier molecular flexibility index (Phi) is 4.31. The van der Waals surface area contributed by atoms with Crippen LogP contribution in [0.2, 0.25) is 0 Å². The molecule has 0 aromatic rings. The second-order valence-corrected chi connectivity index (χ2v) is 5.74. The topological polar surface area (TPSA) is 9.23 Å².